The lowest BCUT2D eigenvalue weighted by molar-refractivity contribution is 1.57. The zero-order valence-corrected chi connectivity index (χ0v) is 17.5. The van der Waals surface area contributed by atoms with E-state index >= 15 is 0 Å². The fourth-order valence-corrected chi connectivity index (χ4v) is 4.37. The van der Waals surface area contributed by atoms with Crippen molar-refractivity contribution in [3.05, 3.63) is 121 Å². The molecule has 0 aliphatic carbocycles. The summed E-state index contributed by atoms with van der Waals surface area (Å²) in [6, 6.07) is 42.7. The molecule has 152 valence electrons. The van der Waals surface area contributed by atoms with Crippen LogP contribution in [0.5, 0.6) is 0 Å². The molecule has 6 aromatic rings. The smallest absolute Gasteiger partial charge is 0.0464 e. The highest BCUT2D eigenvalue weighted by molar-refractivity contribution is 6.03. The zero-order valence-electron chi connectivity index (χ0n) is 17.5. The van der Waals surface area contributed by atoms with Crippen molar-refractivity contribution in [2.24, 2.45) is 0 Å². The maximum atomic E-state index is 3.63. The average molecular weight is 411 g/mol. The van der Waals surface area contributed by atoms with Gasteiger partial charge in [-0.3, -0.25) is 0 Å². The Morgan fingerprint density at radius 1 is 0.344 bits per heavy atom. The van der Waals surface area contributed by atoms with Crippen molar-refractivity contribution >= 4 is 55.1 Å². The fourth-order valence-electron chi connectivity index (χ4n) is 4.37. The molecule has 6 aromatic carbocycles. The number of hydrogen-bond acceptors (Lipinski definition) is 2. The molecule has 0 aromatic heterocycles. The summed E-state index contributed by atoms with van der Waals surface area (Å²) in [5.74, 6) is 0. The number of anilines is 4. The van der Waals surface area contributed by atoms with E-state index in [4.69, 9.17) is 0 Å². The minimum Gasteiger partial charge on any atom is -0.355 e. The van der Waals surface area contributed by atoms with Gasteiger partial charge in [-0.05, 0) is 57.9 Å². The summed E-state index contributed by atoms with van der Waals surface area (Å²) in [5, 5.41) is 14.6. The first-order valence-corrected chi connectivity index (χ1v) is 10.9. The third kappa shape index (κ3) is 3.42. The van der Waals surface area contributed by atoms with Crippen LogP contribution in [0.4, 0.5) is 22.7 Å². The van der Waals surface area contributed by atoms with Gasteiger partial charge in [-0.25, -0.2) is 0 Å². The van der Waals surface area contributed by atoms with Crippen molar-refractivity contribution in [2.75, 3.05) is 10.6 Å². The molecule has 0 radical (unpaired) electrons. The average Bonchev–Trinajstić information content (AvgIpc) is 2.84. The Hall–Kier alpha value is -4.30. The van der Waals surface area contributed by atoms with Gasteiger partial charge in [-0.15, -0.1) is 0 Å². The number of rotatable bonds is 4. The Balaban J connectivity index is 1.37. The van der Waals surface area contributed by atoms with E-state index in [2.05, 4.69) is 132 Å². The Labute approximate surface area is 187 Å². The third-order valence-corrected chi connectivity index (χ3v) is 5.98. The lowest BCUT2D eigenvalue weighted by atomic mass is 10.1. The molecule has 0 saturated heterocycles. The lowest BCUT2D eigenvalue weighted by Crippen LogP contribution is -1.95. The Bertz CT molecular complexity index is 1460. The molecule has 0 saturated carbocycles. The molecular weight excluding hydrogens is 388 g/mol. The maximum Gasteiger partial charge on any atom is 0.0464 e. The van der Waals surface area contributed by atoms with Crippen molar-refractivity contribution in [1.82, 2.24) is 0 Å². The summed E-state index contributed by atoms with van der Waals surface area (Å²) in [4.78, 5) is 0. The second-order valence-corrected chi connectivity index (χ2v) is 8.08. The number of nitrogens with one attached hydrogen (secondary N) is 2. The fraction of sp³-hybridized carbons (Fsp3) is 0. The minimum atomic E-state index is 1.09. The number of benzene rings is 6. The lowest BCUT2D eigenvalue weighted by Gasteiger charge is -2.14. The van der Waals surface area contributed by atoms with E-state index in [9.17, 15) is 0 Å². The maximum absolute atomic E-state index is 3.63. The van der Waals surface area contributed by atoms with Gasteiger partial charge < -0.3 is 10.6 Å². The van der Waals surface area contributed by atoms with Crippen LogP contribution in [0.3, 0.4) is 0 Å². The molecule has 0 fully saturated rings. The molecule has 6 rings (SSSR count). The molecule has 2 N–H and O–H groups in total. The van der Waals surface area contributed by atoms with Crippen molar-refractivity contribution in [3.63, 3.8) is 0 Å². The standard InChI is InChI=1S/C30H22N2/c1-3-9-23-19-25(17-15-21(23)7-1)31-29-13-5-12-28-27(29)11-6-14-30(28)32-26-18-16-22-8-2-4-10-24(22)20-26/h1-20,31-32H. The highest BCUT2D eigenvalue weighted by Crippen LogP contribution is 2.33. The SMILES string of the molecule is c1ccc2cc(Nc3cccc4c(Nc5ccc6ccccc6c5)cccc34)ccc2c1. The van der Waals surface area contributed by atoms with E-state index in [-0.39, 0.29) is 0 Å². The van der Waals surface area contributed by atoms with Gasteiger partial charge in [0.15, 0.2) is 0 Å². The van der Waals surface area contributed by atoms with Crippen molar-refractivity contribution in [1.29, 1.82) is 0 Å². The largest absolute Gasteiger partial charge is 0.355 e. The first kappa shape index (κ1) is 18.5. The molecule has 2 heteroatoms. The van der Waals surface area contributed by atoms with Gasteiger partial charge in [0.1, 0.15) is 0 Å². The summed E-state index contributed by atoms with van der Waals surface area (Å²) in [5.41, 5.74) is 4.37. The highest BCUT2D eigenvalue weighted by Gasteiger charge is 2.07. The van der Waals surface area contributed by atoms with Crippen molar-refractivity contribution < 1.29 is 0 Å². The summed E-state index contributed by atoms with van der Waals surface area (Å²) in [7, 11) is 0. The molecule has 0 amide bonds. The van der Waals surface area contributed by atoms with Gasteiger partial charge in [0.05, 0.1) is 0 Å². The summed E-state index contributed by atoms with van der Waals surface area (Å²) < 4.78 is 0. The van der Waals surface area contributed by atoms with Crippen molar-refractivity contribution in [2.45, 2.75) is 0 Å². The van der Waals surface area contributed by atoms with Gasteiger partial charge in [0.25, 0.3) is 0 Å². The second kappa shape index (κ2) is 7.75. The van der Waals surface area contributed by atoms with Gasteiger partial charge in [0, 0.05) is 33.5 Å². The van der Waals surface area contributed by atoms with Crippen LogP contribution >= 0.6 is 0 Å². The van der Waals surface area contributed by atoms with Crippen LogP contribution < -0.4 is 10.6 Å². The second-order valence-electron chi connectivity index (χ2n) is 8.08. The first-order chi connectivity index (χ1) is 15.8. The van der Waals surface area contributed by atoms with Gasteiger partial charge in [-0.2, -0.15) is 0 Å². The molecule has 0 spiro atoms. The molecule has 0 atom stereocenters. The van der Waals surface area contributed by atoms with Gasteiger partial charge >= 0.3 is 0 Å². The predicted molar refractivity (Wildman–Crippen MR) is 138 cm³/mol. The molecule has 0 aliphatic rings. The van der Waals surface area contributed by atoms with Gasteiger partial charge in [0.2, 0.25) is 0 Å². The van der Waals surface area contributed by atoms with E-state index in [0.717, 1.165) is 22.7 Å². The van der Waals surface area contributed by atoms with Crippen LogP contribution in [0.25, 0.3) is 32.3 Å². The molecule has 2 nitrogen and oxygen atoms in total. The zero-order chi connectivity index (χ0) is 21.3. The summed E-state index contributed by atoms with van der Waals surface area (Å²) >= 11 is 0. The topological polar surface area (TPSA) is 24.1 Å². The quantitative estimate of drug-likeness (QED) is 0.304. The highest BCUT2D eigenvalue weighted by atomic mass is 14.9. The monoisotopic (exact) mass is 410 g/mol. The third-order valence-electron chi connectivity index (χ3n) is 5.98. The molecular formula is C30H22N2. The van der Waals surface area contributed by atoms with E-state index in [0.29, 0.717) is 0 Å². The molecule has 0 aliphatic heterocycles. The van der Waals surface area contributed by atoms with Crippen LogP contribution in [-0.4, -0.2) is 0 Å². The molecule has 0 heterocycles. The van der Waals surface area contributed by atoms with Crippen molar-refractivity contribution in [3.8, 4) is 0 Å². The van der Waals surface area contributed by atoms with E-state index < -0.39 is 0 Å². The van der Waals surface area contributed by atoms with E-state index in [1.165, 1.54) is 32.3 Å². The molecule has 32 heavy (non-hydrogen) atoms. The summed E-state index contributed by atoms with van der Waals surface area (Å²) in [6.07, 6.45) is 0. The Kier molecular flexibility index (Phi) is 4.47. The minimum absolute atomic E-state index is 1.09. The van der Waals surface area contributed by atoms with Gasteiger partial charge in [-0.1, -0.05) is 84.9 Å². The Morgan fingerprint density at radius 2 is 0.781 bits per heavy atom. The number of hydrogen-bond donors (Lipinski definition) is 2. The molecule has 0 unspecified atom stereocenters. The van der Waals surface area contributed by atoms with Crippen LogP contribution in [0.1, 0.15) is 0 Å². The summed E-state index contributed by atoms with van der Waals surface area (Å²) in [6.45, 7) is 0. The van der Waals surface area contributed by atoms with E-state index in [1.807, 2.05) is 0 Å². The number of fused-ring (bicyclic) bond motifs is 3. The van der Waals surface area contributed by atoms with E-state index in [1.54, 1.807) is 0 Å². The predicted octanol–water partition coefficient (Wildman–Crippen LogP) is 8.63. The van der Waals surface area contributed by atoms with Crippen LogP contribution in [0, 0.1) is 0 Å². The van der Waals surface area contributed by atoms with Crippen LogP contribution in [-0.2, 0) is 0 Å². The molecule has 0 bridgehead atoms. The van der Waals surface area contributed by atoms with Crippen LogP contribution in [0.15, 0.2) is 121 Å². The normalized spacial score (nSPS) is 11.1. The van der Waals surface area contributed by atoms with Crippen LogP contribution in [0.2, 0.25) is 0 Å². The first-order valence-electron chi connectivity index (χ1n) is 10.9. The Morgan fingerprint density at radius 3 is 1.25 bits per heavy atom.